The maximum atomic E-state index is 13.4. The second kappa shape index (κ2) is 9.40. The third kappa shape index (κ3) is 4.77. The molecule has 6 rings (SSSR count). The van der Waals surface area contributed by atoms with Gasteiger partial charge in [-0.05, 0) is 87.0 Å². The van der Waals surface area contributed by atoms with Crippen LogP contribution in [0.1, 0.15) is 58.3 Å². The molecule has 0 aromatic heterocycles. The molecular weight excluding hydrogens is 452 g/mol. The van der Waals surface area contributed by atoms with Gasteiger partial charge in [0.2, 0.25) is 11.8 Å². The Morgan fingerprint density at radius 1 is 1.09 bits per heavy atom. The number of amides is 4. The summed E-state index contributed by atoms with van der Waals surface area (Å²) in [6, 6.07) is 6.90. The Morgan fingerprint density at radius 2 is 1.71 bits per heavy atom. The summed E-state index contributed by atoms with van der Waals surface area (Å²) < 4.78 is 0. The van der Waals surface area contributed by atoms with Gasteiger partial charge in [-0.3, -0.25) is 14.5 Å². The van der Waals surface area contributed by atoms with Gasteiger partial charge >= 0.3 is 6.03 Å². The summed E-state index contributed by atoms with van der Waals surface area (Å²) in [5, 5.41) is 4.00. The molecule has 4 aliphatic carbocycles. The fourth-order valence-corrected chi connectivity index (χ4v) is 7.12. The molecule has 4 saturated carbocycles. The average Bonchev–Trinajstić information content (AvgIpc) is 3.17. The standard InChI is InChI=1S/C26H35ClN4O3/c1-2-3-8-29(25(34)28-26-12-18-9-19(13-26)11-20(10-18)14-26)15-23(32)30-16-24(33)31(17-30)22-6-4-21(27)5-7-22/h4-7,18-20H,2-3,8-17H2,1H3,(H,28,34). The van der Waals surface area contributed by atoms with Gasteiger partial charge in [0.25, 0.3) is 0 Å². The van der Waals surface area contributed by atoms with Gasteiger partial charge in [0, 0.05) is 22.8 Å². The molecule has 1 aromatic rings. The SMILES string of the molecule is CCCCN(CC(=O)N1CC(=O)N(c2ccc(Cl)cc2)C1)C(=O)NC12CC3CC(CC(C3)C1)C2. The van der Waals surface area contributed by atoms with E-state index in [1.807, 2.05) is 0 Å². The van der Waals surface area contributed by atoms with Crippen LogP contribution in [-0.4, -0.2) is 59.5 Å². The van der Waals surface area contributed by atoms with Crippen molar-refractivity contribution in [2.75, 3.05) is 31.2 Å². The van der Waals surface area contributed by atoms with E-state index in [1.54, 1.807) is 34.1 Å². The molecule has 0 spiro atoms. The molecule has 34 heavy (non-hydrogen) atoms. The van der Waals surface area contributed by atoms with Crippen LogP contribution in [0, 0.1) is 17.8 Å². The van der Waals surface area contributed by atoms with Gasteiger partial charge in [-0.25, -0.2) is 4.79 Å². The molecule has 5 fully saturated rings. The van der Waals surface area contributed by atoms with Crippen LogP contribution < -0.4 is 10.2 Å². The lowest BCUT2D eigenvalue weighted by Gasteiger charge is -2.57. The van der Waals surface area contributed by atoms with Gasteiger partial charge in [0.1, 0.15) is 19.8 Å². The smallest absolute Gasteiger partial charge is 0.318 e. The van der Waals surface area contributed by atoms with E-state index in [0.717, 1.165) is 49.9 Å². The molecule has 4 amide bonds. The van der Waals surface area contributed by atoms with E-state index >= 15 is 0 Å². The van der Waals surface area contributed by atoms with Crippen molar-refractivity contribution in [2.45, 2.75) is 63.8 Å². The summed E-state index contributed by atoms with van der Waals surface area (Å²) in [5.41, 5.74) is 0.626. The number of carbonyl (C=O) groups excluding carboxylic acids is 3. The van der Waals surface area contributed by atoms with Gasteiger partial charge in [-0.15, -0.1) is 0 Å². The monoisotopic (exact) mass is 486 g/mol. The van der Waals surface area contributed by atoms with Crippen LogP contribution in [-0.2, 0) is 9.59 Å². The molecule has 4 bridgehead atoms. The highest BCUT2D eigenvalue weighted by Crippen LogP contribution is 2.55. The van der Waals surface area contributed by atoms with Crippen molar-refractivity contribution in [2.24, 2.45) is 17.8 Å². The number of hydrogen-bond acceptors (Lipinski definition) is 3. The quantitative estimate of drug-likeness (QED) is 0.626. The lowest BCUT2D eigenvalue weighted by molar-refractivity contribution is -0.132. The van der Waals surface area contributed by atoms with E-state index in [2.05, 4.69) is 12.2 Å². The molecule has 1 aliphatic heterocycles. The Balaban J connectivity index is 1.23. The number of nitrogens with one attached hydrogen (secondary N) is 1. The first-order chi connectivity index (χ1) is 16.3. The fourth-order valence-electron chi connectivity index (χ4n) is 7.00. The minimum Gasteiger partial charge on any atom is -0.333 e. The summed E-state index contributed by atoms with van der Waals surface area (Å²) in [5.74, 6) is 1.90. The molecule has 0 radical (unpaired) electrons. The first-order valence-electron chi connectivity index (χ1n) is 12.7. The zero-order valence-electron chi connectivity index (χ0n) is 20.0. The van der Waals surface area contributed by atoms with Gasteiger partial charge in [0.05, 0.1) is 0 Å². The number of carbonyl (C=O) groups is 3. The van der Waals surface area contributed by atoms with Crippen LogP contribution in [0.5, 0.6) is 0 Å². The molecule has 1 aromatic carbocycles. The largest absolute Gasteiger partial charge is 0.333 e. The van der Waals surface area contributed by atoms with Gasteiger partial charge in [0.15, 0.2) is 0 Å². The third-order valence-corrected chi connectivity index (χ3v) is 8.49. The van der Waals surface area contributed by atoms with E-state index < -0.39 is 0 Å². The summed E-state index contributed by atoms with van der Waals surface area (Å²) in [7, 11) is 0. The third-order valence-electron chi connectivity index (χ3n) is 8.24. The van der Waals surface area contributed by atoms with E-state index in [-0.39, 0.29) is 43.1 Å². The Labute approximate surface area is 206 Å². The Hall–Kier alpha value is -2.28. The summed E-state index contributed by atoms with van der Waals surface area (Å²) in [6.07, 6.45) is 8.99. The van der Waals surface area contributed by atoms with E-state index in [4.69, 9.17) is 11.6 Å². The number of benzene rings is 1. The molecule has 5 aliphatic rings. The lowest BCUT2D eigenvalue weighted by Crippen LogP contribution is -2.62. The number of rotatable bonds is 7. The number of halogens is 1. The normalized spacial score (nSPS) is 29.6. The van der Waals surface area contributed by atoms with Crippen LogP contribution >= 0.6 is 11.6 Å². The number of nitrogens with zero attached hydrogens (tertiary/aromatic N) is 3. The first kappa shape index (κ1) is 23.5. The second-order valence-corrected chi connectivity index (χ2v) is 11.4. The minimum absolute atomic E-state index is 0.0000626. The van der Waals surface area contributed by atoms with Crippen molar-refractivity contribution in [3.05, 3.63) is 29.3 Å². The van der Waals surface area contributed by atoms with E-state index in [9.17, 15) is 14.4 Å². The zero-order valence-corrected chi connectivity index (χ0v) is 20.7. The van der Waals surface area contributed by atoms with Crippen molar-refractivity contribution in [3.63, 3.8) is 0 Å². The molecule has 184 valence electrons. The molecule has 1 saturated heterocycles. The van der Waals surface area contributed by atoms with Gasteiger partial charge < -0.3 is 15.1 Å². The Kier molecular flexibility index (Phi) is 6.49. The molecule has 1 heterocycles. The van der Waals surface area contributed by atoms with E-state index in [1.165, 1.54) is 24.2 Å². The van der Waals surface area contributed by atoms with Crippen LogP contribution in [0.4, 0.5) is 10.5 Å². The topological polar surface area (TPSA) is 73.0 Å². The van der Waals surface area contributed by atoms with Crippen LogP contribution in [0.25, 0.3) is 0 Å². The number of unbranched alkanes of at least 4 members (excludes halogenated alkanes) is 1. The van der Waals surface area contributed by atoms with Gasteiger partial charge in [-0.1, -0.05) is 24.9 Å². The van der Waals surface area contributed by atoms with Crippen LogP contribution in [0.3, 0.4) is 0 Å². The highest BCUT2D eigenvalue weighted by molar-refractivity contribution is 6.30. The van der Waals surface area contributed by atoms with Crippen molar-refractivity contribution in [3.8, 4) is 0 Å². The van der Waals surface area contributed by atoms with Crippen molar-refractivity contribution in [1.29, 1.82) is 0 Å². The number of hydrogen-bond donors (Lipinski definition) is 1. The summed E-state index contributed by atoms with van der Waals surface area (Å²) in [6.45, 7) is 2.85. The second-order valence-electron chi connectivity index (χ2n) is 10.9. The Bertz CT molecular complexity index is 915. The summed E-state index contributed by atoms with van der Waals surface area (Å²) >= 11 is 5.96. The number of anilines is 1. The minimum atomic E-state index is -0.193. The first-order valence-corrected chi connectivity index (χ1v) is 13.1. The zero-order chi connectivity index (χ0) is 23.9. The average molecular weight is 487 g/mol. The predicted octanol–water partition coefficient (Wildman–Crippen LogP) is 4.25. The Morgan fingerprint density at radius 3 is 2.29 bits per heavy atom. The highest BCUT2D eigenvalue weighted by Gasteiger charge is 2.52. The predicted molar refractivity (Wildman–Crippen MR) is 131 cm³/mol. The van der Waals surface area contributed by atoms with E-state index in [0.29, 0.717) is 17.3 Å². The molecule has 7 nitrogen and oxygen atoms in total. The van der Waals surface area contributed by atoms with Crippen molar-refractivity contribution < 1.29 is 14.4 Å². The molecular formula is C26H35ClN4O3. The highest BCUT2D eigenvalue weighted by atomic mass is 35.5. The summed E-state index contributed by atoms with van der Waals surface area (Å²) in [4.78, 5) is 44.0. The molecule has 0 unspecified atom stereocenters. The van der Waals surface area contributed by atoms with Crippen LogP contribution in [0.15, 0.2) is 24.3 Å². The molecule has 1 N–H and O–H groups in total. The molecule has 0 atom stereocenters. The van der Waals surface area contributed by atoms with Gasteiger partial charge in [-0.2, -0.15) is 0 Å². The lowest BCUT2D eigenvalue weighted by atomic mass is 9.53. The number of urea groups is 1. The van der Waals surface area contributed by atoms with Crippen molar-refractivity contribution >= 4 is 35.1 Å². The van der Waals surface area contributed by atoms with Crippen LogP contribution in [0.2, 0.25) is 5.02 Å². The fraction of sp³-hybridized carbons (Fsp3) is 0.654. The molecule has 8 heteroatoms. The maximum absolute atomic E-state index is 13.4. The maximum Gasteiger partial charge on any atom is 0.318 e. The van der Waals surface area contributed by atoms with Crippen molar-refractivity contribution in [1.82, 2.24) is 15.1 Å².